The standard InChI is InChI=1S/C52H33NOS/c1-3-14-34(15-4-1)38-32-33-39(42-19-8-7-18-41(38)42)36-28-30-37(31-29-36)53(47-25-12-22-44-43-20-9-10-27-49(43)54-50(44)47)48-26-13-24-46-45-23-11-21-40(51(45)55-52(46)48)35-16-5-2-6-17-35/h1-33H. The van der Waals surface area contributed by atoms with Crippen molar-refractivity contribution in [3.8, 4) is 33.4 Å². The second-order valence-electron chi connectivity index (χ2n) is 14.0. The van der Waals surface area contributed by atoms with E-state index >= 15 is 0 Å². The largest absolute Gasteiger partial charge is 0.454 e. The van der Waals surface area contributed by atoms with Crippen LogP contribution < -0.4 is 4.90 Å². The van der Waals surface area contributed by atoms with Crippen LogP contribution in [-0.2, 0) is 0 Å². The van der Waals surface area contributed by atoms with Crippen LogP contribution in [0.25, 0.3) is 86.3 Å². The van der Waals surface area contributed by atoms with Gasteiger partial charge < -0.3 is 9.32 Å². The van der Waals surface area contributed by atoms with Crippen molar-refractivity contribution in [2.45, 2.75) is 0 Å². The van der Waals surface area contributed by atoms with Gasteiger partial charge in [-0.1, -0.05) is 170 Å². The third-order valence-electron chi connectivity index (χ3n) is 10.9. The van der Waals surface area contributed by atoms with Crippen molar-refractivity contribution in [2.75, 3.05) is 4.90 Å². The number of thiophene rings is 1. The molecule has 0 amide bonds. The first kappa shape index (κ1) is 31.6. The average Bonchev–Trinajstić information content (AvgIpc) is 3.84. The minimum absolute atomic E-state index is 0.873. The molecule has 0 aliphatic heterocycles. The quantitative estimate of drug-likeness (QED) is 0.170. The van der Waals surface area contributed by atoms with Crippen molar-refractivity contribution in [3.63, 3.8) is 0 Å². The first-order valence-corrected chi connectivity index (χ1v) is 19.5. The highest BCUT2D eigenvalue weighted by Crippen LogP contribution is 2.49. The van der Waals surface area contributed by atoms with E-state index in [4.69, 9.17) is 4.42 Å². The fourth-order valence-electron chi connectivity index (χ4n) is 8.35. The summed E-state index contributed by atoms with van der Waals surface area (Å²) in [6, 6.07) is 72.0. The molecule has 55 heavy (non-hydrogen) atoms. The van der Waals surface area contributed by atoms with Crippen LogP contribution in [0.1, 0.15) is 0 Å². The molecular weight excluding hydrogens is 687 g/mol. The Morgan fingerprint density at radius 3 is 1.53 bits per heavy atom. The Morgan fingerprint density at radius 2 is 0.836 bits per heavy atom. The molecule has 0 fully saturated rings. The van der Waals surface area contributed by atoms with Crippen molar-refractivity contribution in [3.05, 3.63) is 200 Å². The van der Waals surface area contributed by atoms with Gasteiger partial charge in [-0.05, 0) is 74.5 Å². The lowest BCUT2D eigenvalue weighted by Gasteiger charge is -2.26. The lowest BCUT2D eigenvalue weighted by Crippen LogP contribution is -2.10. The Morgan fingerprint density at radius 1 is 0.327 bits per heavy atom. The Labute approximate surface area is 322 Å². The summed E-state index contributed by atoms with van der Waals surface area (Å²) in [7, 11) is 0. The van der Waals surface area contributed by atoms with Gasteiger partial charge in [0.2, 0.25) is 0 Å². The monoisotopic (exact) mass is 719 g/mol. The van der Waals surface area contributed by atoms with Crippen LogP contribution in [0.5, 0.6) is 0 Å². The number of para-hydroxylation sites is 2. The van der Waals surface area contributed by atoms with E-state index in [1.807, 2.05) is 17.4 Å². The molecule has 0 N–H and O–H groups in total. The SMILES string of the molecule is c1ccc(-c2ccc(-c3ccc(N(c4cccc5c4oc4ccccc45)c4cccc5c4sc4c(-c6ccccc6)cccc45)cc3)c3ccccc23)cc1. The molecule has 2 aromatic heterocycles. The number of hydrogen-bond acceptors (Lipinski definition) is 3. The Balaban J connectivity index is 1.12. The highest BCUT2D eigenvalue weighted by atomic mass is 32.1. The molecule has 11 aromatic rings. The first-order chi connectivity index (χ1) is 27.3. The van der Waals surface area contributed by atoms with Crippen LogP contribution in [0.15, 0.2) is 205 Å². The van der Waals surface area contributed by atoms with Gasteiger partial charge in [-0.3, -0.25) is 0 Å². The van der Waals surface area contributed by atoms with E-state index in [-0.39, 0.29) is 0 Å². The molecule has 2 nitrogen and oxygen atoms in total. The molecule has 0 saturated heterocycles. The summed E-state index contributed by atoms with van der Waals surface area (Å²) in [5, 5.41) is 7.23. The van der Waals surface area contributed by atoms with E-state index in [0.717, 1.165) is 39.0 Å². The van der Waals surface area contributed by atoms with E-state index in [2.05, 4.69) is 199 Å². The number of rotatable bonds is 6. The summed E-state index contributed by atoms with van der Waals surface area (Å²) >= 11 is 1.87. The zero-order valence-corrected chi connectivity index (χ0v) is 30.6. The smallest absolute Gasteiger partial charge is 0.159 e. The van der Waals surface area contributed by atoms with Crippen molar-refractivity contribution in [1.29, 1.82) is 0 Å². The molecule has 11 rings (SSSR count). The van der Waals surface area contributed by atoms with Crippen LogP contribution >= 0.6 is 11.3 Å². The van der Waals surface area contributed by atoms with Gasteiger partial charge in [-0.15, -0.1) is 11.3 Å². The number of anilines is 3. The highest BCUT2D eigenvalue weighted by molar-refractivity contribution is 7.27. The zero-order chi connectivity index (χ0) is 36.3. The van der Waals surface area contributed by atoms with Crippen molar-refractivity contribution < 1.29 is 4.42 Å². The van der Waals surface area contributed by atoms with Crippen molar-refractivity contribution in [2.24, 2.45) is 0 Å². The van der Waals surface area contributed by atoms with Gasteiger partial charge in [0.1, 0.15) is 5.58 Å². The second kappa shape index (κ2) is 12.9. The van der Waals surface area contributed by atoms with Gasteiger partial charge in [0, 0.05) is 31.9 Å². The Hall–Kier alpha value is -6.94. The lowest BCUT2D eigenvalue weighted by atomic mass is 9.92. The molecule has 0 aliphatic carbocycles. The molecule has 2 heterocycles. The molecule has 0 saturated carbocycles. The van der Waals surface area contributed by atoms with Crippen LogP contribution in [-0.4, -0.2) is 0 Å². The van der Waals surface area contributed by atoms with Gasteiger partial charge in [0.05, 0.1) is 16.1 Å². The van der Waals surface area contributed by atoms with Crippen LogP contribution in [0, 0.1) is 0 Å². The number of benzene rings is 9. The van der Waals surface area contributed by atoms with Gasteiger partial charge >= 0.3 is 0 Å². The minimum Gasteiger partial charge on any atom is -0.454 e. The predicted octanol–water partition coefficient (Wildman–Crippen LogP) is 15.6. The second-order valence-corrected chi connectivity index (χ2v) is 15.0. The van der Waals surface area contributed by atoms with Crippen molar-refractivity contribution >= 4 is 81.3 Å². The van der Waals surface area contributed by atoms with E-state index in [1.165, 1.54) is 64.3 Å². The molecular formula is C52H33NOS. The number of furan rings is 1. The molecule has 0 bridgehead atoms. The van der Waals surface area contributed by atoms with Gasteiger partial charge in [0.25, 0.3) is 0 Å². The summed E-state index contributed by atoms with van der Waals surface area (Å²) in [5.74, 6) is 0. The van der Waals surface area contributed by atoms with E-state index in [9.17, 15) is 0 Å². The number of hydrogen-bond donors (Lipinski definition) is 0. The maximum absolute atomic E-state index is 6.71. The number of fused-ring (bicyclic) bond motifs is 7. The van der Waals surface area contributed by atoms with Crippen LogP contribution in [0.3, 0.4) is 0 Å². The van der Waals surface area contributed by atoms with Gasteiger partial charge in [0.15, 0.2) is 5.58 Å². The normalized spacial score (nSPS) is 11.6. The fourth-order valence-corrected chi connectivity index (χ4v) is 9.69. The molecule has 0 spiro atoms. The molecule has 9 aromatic carbocycles. The topological polar surface area (TPSA) is 16.4 Å². The van der Waals surface area contributed by atoms with E-state index in [0.29, 0.717) is 0 Å². The molecule has 0 radical (unpaired) electrons. The maximum atomic E-state index is 6.71. The minimum atomic E-state index is 0.873. The summed E-state index contributed by atoms with van der Waals surface area (Å²) in [6.07, 6.45) is 0. The summed E-state index contributed by atoms with van der Waals surface area (Å²) in [6.45, 7) is 0. The Bertz CT molecular complexity index is 3190. The Kier molecular flexibility index (Phi) is 7.39. The zero-order valence-electron chi connectivity index (χ0n) is 29.8. The van der Waals surface area contributed by atoms with E-state index < -0.39 is 0 Å². The molecule has 258 valence electrons. The lowest BCUT2D eigenvalue weighted by molar-refractivity contribution is 0.669. The summed E-state index contributed by atoms with van der Waals surface area (Å²) in [4.78, 5) is 2.39. The predicted molar refractivity (Wildman–Crippen MR) is 235 cm³/mol. The maximum Gasteiger partial charge on any atom is 0.159 e. The van der Waals surface area contributed by atoms with E-state index in [1.54, 1.807) is 0 Å². The summed E-state index contributed by atoms with van der Waals surface area (Å²) < 4.78 is 9.23. The van der Waals surface area contributed by atoms with Gasteiger partial charge in [-0.25, -0.2) is 0 Å². The number of nitrogens with zero attached hydrogens (tertiary/aromatic N) is 1. The molecule has 0 unspecified atom stereocenters. The van der Waals surface area contributed by atoms with Crippen LogP contribution in [0.4, 0.5) is 17.1 Å². The molecule has 0 atom stereocenters. The third-order valence-corrected chi connectivity index (χ3v) is 12.2. The summed E-state index contributed by atoms with van der Waals surface area (Å²) in [5.41, 5.74) is 12.3. The third kappa shape index (κ3) is 5.16. The average molecular weight is 720 g/mol. The van der Waals surface area contributed by atoms with Crippen LogP contribution in [0.2, 0.25) is 0 Å². The first-order valence-electron chi connectivity index (χ1n) is 18.7. The molecule has 3 heteroatoms. The highest BCUT2D eigenvalue weighted by Gasteiger charge is 2.23. The fraction of sp³-hybridized carbons (Fsp3) is 0. The van der Waals surface area contributed by atoms with Gasteiger partial charge in [-0.2, -0.15) is 0 Å². The molecule has 0 aliphatic rings. The van der Waals surface area contributed by atoms with Crippen molar-refractivity contribution in [1.82, 2.24) is 0 Å².